The van der Waals surface area contributed by atoms with Crippen LogP contribution in [0.15, 0.2) is 47.4 Å². The van der Waals surface area contributed by atoms with E-state index in [0.717, 1.165) is 37.6 Å². The number of ether oxygens (including phenoxy) is 1. The maximum Gasteiger partial charge on any atom is 0.406 e. The van der Waals surface area contributed by atoms with Crippen LogP contribution in [0.2, 0.25) is 0 Å². The van der Waals surface area contributed by atoms with E-state index >= 15 is 0 Å². The summed E-state index contributed by atoms with van der Waals surface area (Å²) >= 11 is 0. The van der Waals surface area contributed by atoms with Crippen molar-refractivity contribution in [2.24, 2.45) is 0 Å². The van der Waals surface area contributed by atoms with E-state index < -0.39 is 22.6 Å². The van der Waals surface area contributed by atoms with Crippen molar-refractivity contribution in [3.05, 3.63) is 48.2 Å². The Kier molecular flexibility index (Phi) is 9.21. The number of alkyl halides is 3. The predicted molar refractivity (Wildman–Crippen MR) is 153 cm³/mol. The van der Waals surface area contributed by atoms with Crippen LogP contribution >= 0.6 is 0 Å². The molecule has 1 heterocycles. The van der Waals surface area contributed by atoms with E-state index in [2.05, 4.69) is 27.8 Å². The molecule has 0 unspecified atom stereocenters. The highest BCUT2D eigenvalue weighted by atomic mass is 32.2. The topological polar surface area (TPSA) is 84.4 Å². The maximum atomic E-state index is 13.6. The van der Waals surface area contributed by atoms with E-state index in [0.29, 0.717) is 35.0 Å². The second kappa shape index (κ2) is 12.4. The molecule has 0 amide bonds. The summed E-state index contributed by atoms with van der Waals surface area (Å²) in [6, 6.07) is 12.3. The van der Waals surface area contributed by atoms with Crippen molar-refractivity contribution in [2.75, 3.05) is 37.1 Å². The van der Waals surface area contributed by atoms with Crippen molar-refractivity contribution in [1.82, 2.24) is 9.88 Å². The number of rotatable bonds is 9. The molecule has 1 aliphatic rings. The number of benzene rings is 2. The van der Waals surface area contributed by atoms with Crippen molar-refractivity contribution in [3.8, 4) is 17.6 Å². The van der Waals surface area contributed by atoms with Gasteiger partial charge in [0.2, 0.25) is 0 Å². The third kappa shape index (κ3) is 7.43. The van der Waals surface area contributed by atoms with Gasteiger partial charge in [0.05, 0.1) is 34.9 Å². The summed E-state index contributed by atoms with van der Waals surface area (Å²) in [4.78, 5) is 0.128. The van der Waals surface area contributed by atoms with E-state index in [1.807, 2.05) is 13.1 Å². The van der Waals surface area contributed by atoms with E-state index in [1.54, 1.807) is 31.2 Å². The summed E-state index contributed by atoms with van der Waals surface area (Å²) in [7, 11) is -1.44. The molecule has 0 aliphatic heterocycles. The molecule has 40 heavy (non-hydrogen) atoms. The monoisotopic (exact) mass is 576 g/mol. The van der Waals surface area contributed by atoms with Crippen LogP contribution in [0, 0.1) is 11.8 Å². The van der Waals surface area contributed by atoms with E-state index in [4.69, 9.17) is 4.74 Å². The van der Waals surface area contributed by atoms with E-state index in [1.165, 1.54) is 16.7 Å². The molecule has 3 N–H and O–H groups in total. The minimum atomic E-state index is -4.41. The third-order valence-corrected chi connectivity index (χ3v) is 8.15. The maximum absolute atomic E-state index is 13.6. The van der Waals surface area contributed by atoms with Crippen LogP contribution in [0.25, 0.3) is 10.9 Å². The van der Waals surface area contributed by atoms with E-state index in [-0.39, 0.29) is 23.2 Å². The molecule has 0 saturated heterocycles. The van der Waals surface area contributed by atoms with Crippen LogP contribution < -0.4 is 20.7 Å². The standard InChI is InChI=1S/C29H35F3N4O3S/c1-4-39-28-18-23(40(3,37)38)14-15-26(28)34-16-6-7-22-17-24-25(35-21-12-10-20(33-2)11-13-21)8-5-9-27(24)36(22)19-29(30,31)32/h5,8-9,14-15,17-18,20-21,33-35H,4,10-13,16,19H2,1-3H3. The van der Waals surface area contributed by atoms with Crippen LogP contribution in [-0.2, 0) is 16.4 Å². The number of sulfone groups is 1. The fourth-order valence-corrected chi connectivity index (χ4v) is 5.67. The van der Waals surface area contributed by atoms with Gasteiger partial charge in [-0.25, -0.2) is 8.42 Å². The Balaban J connectivity index is 1.58. The number of fused-ring (bicyclic) bond motifs is 1. The number of halogens is 3. The molecule has 7 nitrogen and oxygen atoms in total. The lowest BCUT2D eigenvalue weighted by molar-refractivity contribution is -0.140. The summed E-state index contributed by atoms with van der Waals surface area (Å²) in [5, 5.41) is 10.7. The molecule has 0 radical (unpaired) electrons. The fourth-order valence-electron chi connectivity index (χ4n) is 5.04. The molecular formula is C29H35F3N4O3S. The number of nitrogens with one attached hydrogen (secondary N) is 3. The van der Waals surface area contributed by atoms with Crippen LogP contribution in [-0.4, -0.2) is 57.7 Å². The summed E-state index contributed by atoms with van der Waals surface area (Å²) in [6.45, 7) is 1.09. The smallest absolute Gasteiger partial charge is 0.406 e. The van der Waals surface area contributed by atoms with Crippen molar-refractivity contribution in [2.45, 2.75) is 62.3 Å². The number of aromatic nitrogens is 1. The molecule has 1 fully saturated rings. The molecule has 0 bridgehead atoms. The first-order chi connectivity index (χ1) is 19.0. The summed E-state index contributed by atoms with van der Waals surface area (Å²) in [5.74, 6) is 6.18. The van der Waals surface area contributed by atoms with Crippen molar-refractivity contribution < 1.29 is 26.3 Å². The minimum absolute atomic E-state index is 0.117. The molecule has 1 aliphatic carbocycles. The lowest BCUT2D eigenvalue weighted by Crippen LogP contribution is -2.34. The summed E-state index contributed by atoms with van der Waals surface area (Å²) < 4.78 is 71.2. The van der Waals surface area contributed by atoms with Gasteiger partial charge in [-0.3, -0.25) is 0 Å². The highest BCUT2D eigenvalue weighted by Gasteiger charge is 2.30. The Morgan fingerprint density at radius 1 is 1.05 bits per heavy atom. The van der Waals surface area contributed by atoms with Crippen LogP contribution in [0.3, 0.4) is 0 Å². The Labute approximate surface area is 233 Å². The van der Waals surface area contributed by atoms with Gasteiger partial charge in [-0.15, -0.1) is 0 Å². The first-order valence-electron chi connectivity index (χ1n) is 13.3. The quantitative estimate of drug-likeness (QED) is 0.296. The Morgan fingerprint density at radius 2 is 1.77 bits per heavy atom. The lowest BCUT2D eigenvalue weighted by Gasteiger charge is -2.29. The predicted octanol–water partition coefficient (Wildman–Crippen LogP) is 5.41. The van der Waals surface area contributed by atoms with Crippen LogP contribution in [0.1, 0.15) is 38.3 Å². The first kappa shape index (κ1) is 29.6. The average molecular weight is 577 g/mol. The van der Waals surface area contributed by atoms with E-state index in [9.17, 15) is 21.6 Å². The molecule has 11 heteroatoms. The van der Waals surface area contributed by atoms with Crippen molar-refractivity contribution >= 4 is 32.1 Å². The number of hydrogen-bond acceptors (Lipinski definition) is 6. The van der Waals surface area contributed by atoms with Gasteiger partial charge in [0, 0.05) is 35.5 Å². The second-order valence-corrected chi connectivity index (χ2v) is 12.0. The highest BCUT2D eigenvalue weighted by Crippen LogP contribution is 2.32. The Morgan fingerprint density at radius 3 is 2.42 bits per heavy atom. The van der Waals surface area contributed by atoms with Crippen LogP contribution in [0.4, 0.5) is 24.5 Å². The number of anilines is 2. The minimum Gasteiger partial charge on any atom is -0.492 e. The van der Waals surface area contributed by atoms with Gasteiger partial charge in [-0.2, -0.15) is 13.2 Å². The van der Waals surface area contributed by atoms with Gasteiger partial charge in [0.15, 0.2) is 9.84 Å². The molecule has 2 aromatic carbocycles. The average Bonchev–Trinajstić information content (AvgIpc) is 3.24. The molecular weight excluding hydrogens is 541 g/mol. The van der Waals surface area contributed by atoms with Gasteiger partial charge in [0.1, 0.15) is 12.3 Å². The normalized spacial score (nSPS) is 17.8. The largest absolute Gasteiger partial charge is 0.492 e. The number of nitrogens with zero attached hydrogens (tertiary/aromatic N) is 1. The molecule has 3 aromatic rings. The first-order valence-corrected chi connectivity index (χ1v) is 15.2. The lowest BCUT2D eigenvalue weighted by atomic mass is 9.91. The number of hydrogen-bond donors (Lipinski definition) is 3. The third-order valence-electron chi connectivity index (χ3n) is 7.04. The molecule has 1 aromatic heterocycles. The zero-order chi connectivity index (χ0) is 28.9. The fraction of sp³-hybridized carbons (Fsp3) is 0.448. The Bertz CT molecular complexity index is 1500. The van der Waals surface area contributed by atoms with Gasteiger partial charge in [-0.05, 0) is 75.9 Å². The van der Waals surface area contributed by atoms with Gasteiger partial charge in [0.25, 0.3) is 0 Å². The second-order valence-electron chi connectivity index (χ2n) is 9.97. The van der Waals surface area contributed by atoms with Gasteiger partial charge >= 0.3 is 6.18 Å². The summed E-state index contributed by atoms with van der Waals surface area (Å²) in [6.07, 6.45) is 0.766. The molecule has 0 atom stereocenters. The highest BCUT2D eigenvalue weighted by molar-refractivity contribution is 7.90. The van der Waals surface area contributed by atoms with Crippen molar-refractivity contribution in [3.63, 3.8) is 0 Å². The Hall–Kier alpha value is -3.36. The molecule has 0 spiro atoms. The summed E-state index contributed by atoms with van der Waals surface area (Å²) in [5.41, 5.74) is 2.08. The zero-order valence-corrected chi connectivity index (χ0v) is 23.7. The molecule has 216 valence electrons. The van der Waals surface area contributed by atoms with Gasteiger partial charge in [-0.1, -0.05) is 12.0 Å². The SMILES string of the molecule is CCOc1cc(S(C)(=O)=O)ccc1NCC#Cc1cc2c(NC3CCC(NC)CC3)cccc2n1CC(F)(F)F. The molecule has 1 saturated carbocycles. The van der Waals surface area contributed by atoms with Crippen molar-refractivity contribution in [1.29, 1.82) is 0 Å². The van der Waals surface area contributed by atoms with Crippen LogP contribution in [0.5, 0.6) is 5.75 Å². The molecule has 4 rings (SSSR count). The zero-order valence-electron chi connectivity index (χ0n) is 22.9. The van der Waals surface area contributed by atoms with Gasteiger partial charge < -0.3 is 25.3 Å².